The second kappa shape index (κ2) is 4.85. The molecule has 0 aliphatic heterocycles. The zero-order valence-corrected chi connectivity index (χ0v) is 3.89. The maximum atomic E-state index is 7.45. The molecule has 0 radical (unpaired) electrons. The van der Waals surface area contributed by atoms with Crippen LogP contribution in [0.3, 0.4) is 0 Å². The molecule has 34 valence electrons. The molecule has 6 heavy (non-hydrogen) atoms. The molecule has 0 amide bonds. The van der Waals surface area contributed by atoms with Crippen LogP contribution in [-0.4, -0.2) is 25.9 Å². The minimum absolute atomic E-state index is 0.973. The molecule has 0 bridgehead atoms. The van der Waals surface area contributed by atoms with Crippen molar-refractivity contribution in [1.29, 1.82) is 0 Å². The van der Waals surface area contributed by atoms with E-state index in [1.807, 2.05) is 0 Å². The Balaban J connectivity index is 2.73. The predicted molar refractivity (Wildman–Crippen MR) is 15.6 cm³/mol. The van der Waals surface area contributed by atoms with E-state index in [1.165, 1.54) is 0 Å². The van der Waals surface area contributed by atoms with E-state index < -0.39 is 15.4 Å². The molecule has 0 aromatic heterocycles. The van der Waals surface area contributed by atoms with Gasteiger partial charge >= 0.3 is 38.9 Å². The fourth-order valence-corrected chi connectivity index (χ4v) is 0.115. The molecule has 0 unspecified atom stereocenters. The average molecular weight is 107 g/mol. The molecular weight excluding hydrogens is 105 g/mol. The molecule has 5 nitrogen and oxygen atoms in total. The monoisotopic (exact) mass is 107 g/mol. The van der Waals surface area contributed by atoms with Crippen LogP contribution in [-0.2, 0) is 8.93 Å². The van der Waals surface area contributed by atoms with E-state index in [4.69, 9.17) is 10.5 Å². The Hall–Kier alpha value is -0.148. The van der Waals surface area contributed by atoms with Crippen LogP contribution in [0.5, 0.6) is 0 Å². The van der Waals surface area contributed by atoms with E-state index in [-0.39, 0.29) is 0 Å². The van der Waals surface area contributed by atoms with Crippen molar-refractivity contribution in [3.63, 3.8) is 0 Å². The van der Waals surface area contributed by atoms with Crippen molar-refractivity contribution in [2.45, 2.75) is 0 Å². The Kier molecular flexibility index (Phi) is 4.73. The van der Waals surface area contributed by atoms with Gasteiger partial charge in [-0.25, -0.2) is 0 Å². The van der Waals surface area contributed by atoms with Gasteiger partial charge in [0.15, 0.2) is 0 Å². The normalized spacial score (nSPS) is 7.67. The summed E-state index contributed by atoms with van der Waals surface area (Å²) in [6.07, 6.45) is 0. The van der Waals surface area contributed by atoms with Gasteiger partial charge in [0.1, 0.15) is 0 Å². The Morgan fingerprint density at radius 1 is 1.50 bits per heavy atom. The zero-order valence-electron chi connectivity index (χ0n) is 2.74. The van der Waals surface area contributed by atoms with Crippen molar-refractivity contribution in [1.82, 2.24) is 0 Å². The van der Waals surface area contributed by atoms with E-state index in [9.17, 15) is 0 Å². The maximum absolute atomic E-state index is 7.45. The number of hydrogen-bond acceptors (Lipinski definition) is 5. The van der Waals surface area contributed by atoms with Crippen molar-refractivity contribution in [2.24, 2.45) is 4.09 Å². The number of hydrogen-bond donors (Lipinski definition) is 2. The van der Waals surface area contributed by atoms with E-state index in [0.29, 0.717) is 0 Å². The van der Waals surface area contributed by atoms with Crippen LogP contribution < -0.4 is 0 Å². The molecular formula is H2AlNO4. The van der Waals surface area contributed by atoms with Gasteiger partial charge in [0.25, 0.3) is 0 Å². The molecule has 0 rings (SSSR count). The number of nitrogens with zero attached hydrogens (tertiary/aromatic N) is 1. The Morgan fingerprint density at radius 3 is 2.33 bits per heavy atom. The molecule has 0 aromatic carbocycles. The SMILES string of the molecule is OO[N]=[Al][O]O. The standard InChI is InChI=1S/Al.HNO2.H2O2/c;1-3-2;1-2/h;2H;1-2H/q+1;;/p-1. The van der Waals surface area contributed by atoms with Gasteiger partial charge < -0.3 is 0 Å². The first-order valence-electron chi connectivity index (χ1n) is 1.04. The van der Waals surface area contributed by atoms with E-state index in [1.54, 1.807) is 0 Å². The van der Waals surface area contributed by atoms with E-state index >= 15 is 0 Å². The predicted octanol–water partition coefficient (Wildman–Crippen LogP) is -0.317. The van der Waals surface area contributed by atoms with Crippen molar-refractivity contribution in [3.05, 3.63) is 0 Å². The van der Waals surface area contributed by atoms with Crippen molar-refractivity contribution >= 4 is 15.4 Å². The van der Waals surface area contributed by atoms with Gasteiger partial charge in [0.2, 0.25) is 0 Å². The molecule has 6 heteroatoms. The fourth-order valence-electron chi connectivity index (χ4n) is 0.0385. The van der Waals surface area contributed by atoms with Gasteiger partial charge in [0, 0.05) is 0 Å². The zero-order chi connectivity index (χ0) is 4.83. The van der Waals surface area contributed by atoms with Crippen LogP contribution >= 0.6 is 0 Å². The first kappa shape index (κ1) is 5.85. The topological polar surface area (TPSA) is 71.3 Å². The molecule has 0 saturated carbocycles. The molecule has 0 saturated heterocycles. The molecule has 0 aliphatic carbocycles. The molecule has 0 fully saturated rings. The third-order valence-corrected chi connectivity index (χ3v) is 0.412. The summed E-state index contributed by atoms with van der Waals surface area (Å²) in [5.74, 6) is 0. The Morgan fingerprint density at radius 2 is 2.17 bits per heavy atom. The van der Waals surface area contributed by atoms with E-state index in [0.717, 1.165) is 0 Å². The van der Waals surface area contributed by atoms with Crippen LogP contribution in [0.1, 0.15) is 0 Å². The summed E-state index contributed by atoms with van der Waals surface area (Å²) >= 11 is -0.973. The van der Waals surface area contributed by atoms with Gasteiger partial charge in [-0.1, -0.05) is 0 Å². The first-order valence-corrected chi connectivity index (χ1v) is 2.03. The van der Waals surface area contributed by atoms with Gasteiger partial charge in [0.05, 0.1) is 0 Å². The summed E-state index contributed by atoms with van der Waals surface area (Å²) in [6.45, 7) is 0. The van der Waals surface area contributed by atoms with Crippen LogP contribution in [0.15, 0.2) is 4.09 Å². The molecule has 0 spiro atoms. The van der Waals surface area contributed by atoms with Gasteiger partial charge in [-0.3, -0.25) is 0 Å². The summed E-state index contributed by atoms with van der Waals surface area (Å²) in [4.78, 5) is 3.16. The third-order valence-electron chi connectivity index (χ3n) is 0.137. The molecule has 0 aliphatic rings. The second-order valence-electron chi connectivity index (χ2n) is 0.398. The molecule has 0 aromatic rings. The summed E-state index contributed by atoms with van der Waals surface area (Å²) in [5, 5.41) is 14.8. The summed E-state index contributed by atoms with van der Waals surface area (Å²) in [7, 11) is 0. The molecule has 0 atom stereocenters. The van der Waals surface area contributed by atoms with Crippen molar-refractivity contribution in [3.8, 4) is 0 Å². The van der Waals surface area contributed by atoms with Crippen LogP contribution in [0.2, 0.25) is 0 Å². The van der Waals surface area contributed by atoms with Crippen molar-refractivity contribution < 1.29 is 19.4 Å². The van der Waals surface area contributed by atoms with E-state index in [2.05, 4.69) is 13.0 Å². The third kappa shape index (κ3) is 3.85. The Bertz CT molecular complexity index is 36.8. The van der Waals surface area contributed by atoms with Gasteiger partial charge in [-0.2, -0.15) is 0 Å². The summed E-state index contributed by atoms with van der Waals surface area (Å²) in [6, 6.07) is 0. The Labute approximate surface area is 39.8 Å². The summed E-state index contributed by atoms with van der Waals surface area (Å²) < 4.78 is 6.17. The summed E-state index contributed by atoms with van der Waals surface area (Å²) in [5.41, 5.74) is 0. The number of rotatable bonds is 2. The van der Waals surface area contributed by atoms with Crippen LogP contribution in [0.4, 0.5) is 0 Å². The molecule has 2 N–H and O–H groups in total. The molecule has 0 heterocycles. The first-order chi connectivity index (χ1) is 2.91. The minimum atomic E-state index is -0.973. The second-order valence-corrected chi connectivity index (χ2v) is 1.03. The fraction of sp³-hybridized carbons (Fsp3) is 0. The van der Waals surface area contributed by atoms with Gasteiger partial charge in [-0.05, 0) is 0 Å². The quantitative estimate of drug-likeness (QED) is 0.288. The van der Waals surface area contributed by atoms with Crippen molar-refractivity contribution in [2.75, 3.05) is 0 Å². The average Bonchev–Trinajstić information content (AvgIpc) is 1.61. The van der Waals surface area contributed by atoms with Crippen LogP contribution in [0.25, 0.3) is 0 Å². The van der Waals surface area contributed by atoms with Gasteiger partial charge in [-0.15, -0.1) is 0 Å². The van der Waals surface area contributed by atoms with Crippen LogP contribution in [0, 0.1) is 0 Å².